The molecule has 1 saturated heterocycles. The number of morpholine rings is 1. The fourth-order valence-electron chi connectivity index (χ4n) is 2.08. The van der Waals surface area contributed by atoms with Gasteiger partial charge in [0.25, 0.3) is 0 Å². The molecule has 0 aliphatic carbocycles. The van der Waals surface area contributed by atoms with Gasteiger partial charge in [-0.15, -0.1) is 0 Å². The van der Waals surface area contributed by atoms with Crippen molar-refractivity contribution in [1.29, 1.82) is 0 Å². The van der Waals surface area contributed by atoms with Gasteiger partial charge in [0, 0.05) is 25.5 Å². The van der Waals surface area contributed by atoms with Crippen molar-refractivity contribution in [2.75, 3.05) is 47.1 Å². The zero-order chi connectivity index (χ0) is 14.4. The van der Waals surface area contributed by atoms with Gasteiger partial charge in [-0.25, -0.2) is 9.97 Å². The Morgan fingerprint density at radius 2 is 2.05 bits per heavy atom. The number of rotatable bonds is 5. The van der Waals surface area contributed by atoms with Crippen LogP contribution in [-0.2, 0) is 4.74 Å². The second kappa shape index (κ2) is 7.58. The Bertz CT molecular complexity index is 422. The Labute approximate surface area is 125 Å². The standard InChI is InChI=1S/C13H21N5OS/c1-17(2)11(12-14-4-3-5-15-12)13(20)16-10-18-6-8-19-9-7-18/h3-5,11H,6-10H2,1-2H3,(H,16,20). The van der Waals surface area contributed by atoms with Crippen LogP contribution in [-0.4, -0.2) is 71.8 Å². The molecule has 1 aliphatic rings. The van der Waals surface area contributed by atoms with Crippen molar-refractivity contribution in [3.8, 4) is 0 Å². The Kier molecular flexibility index (Phi) is 5.78. The van der Waals surface area contributed by atoms with E-state index >= 15 is 0 Å². The molecule has 7 heteroatoms. The molecule has 0 spiro atoms. The number of thiocarbonyl (C=S) groups is 1. The summed E-state index contributed by atoms with van der Waals surface area (Å²) in [6.07, 6.45) is 3.48. The first-order chi connectivity index (χ1) is 9.68. The topological polar surface area (TPSA) is 53.5 Å². The zero-order valence-electron chi connectivity index (χ0n) is 12.0. The van der Waals surface area contributed by atoms with Crippen molar-refractivity contribution in [2.45, 2.75) is 6.04 Å². The number of likely N-dealkylation sites (N-methyl/N-ethyl adjacent to an activating group) is 1. The number of hydrogen-bond donors (Lipinski definition) is 1. The lowest BCUT2D eigenvalue weighted by atomic mass is 10.2. The third-order valence-corrected chi connectivity index (χ3v) is 3.54. The van der Waals surface area contributed by atoms with E-state index in [2.05, 4.69) is 20.2 Å². The van der Waals surface area contributed by atoms with Gasteiger partial charge >= 0.3 is 0 Å². The molecule has 0 aromatic carbocycles. The van der Waals surface area contributed by atoms with Crippen molar-refractivity contribution in [3.63, 3.8) is 0 Å². The smallest absolute Gasteiger partial charge is 0.152 e. The van der Waals surface area contributed by atoms with Crippen molar-refractivity contribution in [3.05, 3.63) is 24.3 Å². The lowest BCUT2D eigenvalue weighted by Crippen LogP contribution is -2.46. The van der Waals surface area contributed by atoms with Crippen LogP contribution < -0.4 is 5.32 Å². The second-order valence-corrected chi connectivity index (χ2v) is 5.34. The molecule has 1 aliphatic heterocycles. The summed E-state index contributed by atoms with van der Waals surface area (Å²) in [5, 5.41) is 3.31. The Morgan fingerprint density at radius 3 is 2.65 bits per heavy atom. The highest BCUT2D eigenvalue weighted by Crippen LogP contribution is 2.14. The maximum Gasteiger partial charge on any atom is 0.152 e. The second-order valence-electron chi connectivity index (χ2n) is 4.90. The summed E-state index contributed by atoms with van der Waals surface area (Å²) in [7, 11) is 3.95. The van der Waals surface area contributed by atoms with Gasteiger partial charge in [0.15, 0.2) is 5.82 Å². The third kappa shape index (κ3) is 4.17. The van der Waals surface area contributed by atoms with Crippen LogP contribution in [0.1, 0.15) is 11.9 Å². The van der Waals surface area contributed by atoms with E-state index in [9.17, 15) is 0 Å². The predicted molar refractivity (Wildman–Crippen MR) is 81.5 cm³/mol. The van der Waals surface area contributed by atoms with Crippen LogP contribution >= 0.6 is 12.2 Å². The lowest BCUT2D eigenvalue weighted by Gasteiger charge is -2.29. The molecular weight excluding hydrogens is 274 g/mol. The molecule has 1 N–H and O–H groups in total. The SMILES string of the molecule is CN(C)C(C(=S)NCN1CCOCC1)c1ncccn1. The summed E-state index contributed by atoms with van der Waals surface area (Å²) < 4.78 is 5.33. The molecule has 6 nitrogen and oxygen atoms in total. The van der Waals surface area contributed by atoms with Crippen LogP contribution in [0.25, 0.3) is 0 Å². The molecule has 0 bridgehead atoms. The molecular formula is C13H21N5OS. The van der Waals surface area contributed by atoms with E-state index in [1.165, 1.54) is 0 Å². The molecule has 0 saturated carbocycles. The molecule has 2 heterocycles. The van der Waals surface area contributed by atoms with Gasteiger partial charge in [0.1, 0.15) is 11.0 Å². The zero-order valence-corrected chi connectivity index (χ0v) is 12.8. The van der Waals surface area contributed by atoms with E-state index in [1.54, 1.807) is 18.5 Å². The Balaban J connectivity index is 1.93. The van der Waals surface area contributed by atoms with Crippen LogP contribution in [0.5, 0.6) is 0 Å². The Hall–Kier alpha value is -1.15. The third-order valence-electron chi connectivity index (χ3n) is 3.18. The monoisotopic (exact) mass is 295 g/mol. The van der Waals surface area contributed by atoms with Gasteiger partial charge < -0.3 is 10.1 Å². The number of nitrogens with zero attached hydrogens (tertiary/aromatic N) is 4. The minimum atomic E-state index is -0.104. The molecule has 1 aromatic heterocycles. The van der Waals surface area contributed by atoms with Gasteiger partial charge in [-0.1, -0.05) is 12.2 Å². The quantitative estimate of drug-likeness (QED) is 0.783. The van der Waals surface area contributed by atoms with Crippen molar-refractivity contribution in [1.82, 2.24) is 25.1 Å². The maximum absolute atomic E-state index is 5.51. The Morgan fingerprint density at radius 1 is 1.40 bits per heavy atom. The number of nitrogens with one attached hydrogen (secondary N) is 1. The summed E-state index contributed by atoms with van der Waals surface area (Å²) in [6, 6.07) is 1.70. The van der Waals surface area contributed by atoms with E-state index in [1.807, 2.05) is 19.0 Å². The summed E-state index contributed by atoms with van der Waals surface area (Å²) in [6.45, 7) is 4.17. The molecule has 20 heavy (non-hydrogen) atoms. The fraction of sp³-hybridized carbons (Fsp3) is 0.615. The van der Waals surface area contributed by atoms with E-state index < -0.39 is 0 Å². The molecule has 2 rings (SSSR count). The highest BCUT2D eigenvalue weighted by Gasteiger charge is 2.22. The van der Waals surface area contributed by atoms with Crippen LogP contribution in [0.3, 0.4) is 0 Å². The first-order valence-corrected chi connectivity index (χ1v) is 7.10. The number of hydrogen-bond acceptors (Lipinski definition) is 6. The van der Waals surface area contributed by atoms with Crippen LogP contribution in [0.15, 0.2) is 18.5 Å². The van der Waals surface area contributed by atoms with Crippen molar-refractivity contribution in [2.24, 2.45) is 0 Å². The highest BCUT2D eigenvalue weighted by atomic mass is 32.1. The number of ether oxygens (including phenoxy) is 1. The van der Waals surface area contributed by atoms with Gasteiger partial charge in [-0.05, 0) is 20.2 Å². The maximum atomic E-state index is 5.51. The summed E-state index contributed by atoms with van der Waals surface area (Å²) >= 11 is 5.51. The van der Waals surface area contributed by atoms with E-state index in [0.717, 1.165) is 43.8 Å². The molecule has 110 valence electrons. The van der Waals surface area contributed by atoms with Crippen LogP contribution in [0, 0.1) is 0 Å². The summed E-state index contributed by atoms with van der Waals surface area (Å²) in [4.78, 5) is 13.7. The van der Waals surface area contributed by atoms with Crippen molar-refractivity contribution >= 4 is 17.2 Å². The highest BCUT2D eigenvalue weighted by molar-refractivity contribution is 7.80. The average Bonchev–Trinajstić information content (AvgIpc) is 2.47. The van der Waals surface area contributed by atoms with Gasteiger partial charge in [0.05, 0.1) is 19.9 Å². The van der Waals surface area contributed by atoms with Crippen LogP contribution in [0.4, 0.5) is 0 Å². The average molecular weight is 295 g/mol. The fourth-order valence-corrected chi connectivity index (χ4v) is 2.46. The molecule has 1 aromatic rings. The first-order valence-electron chi connectivity index (χ1n) is 6.69. The normalized spacial score (nSPS) is 17.9. The summed E-state index contributed by atoms with van der Waals surface area (Å²) in [5.41, 5.74) is 0. The van der Waals surface area contributed by atoms with Crippen LogP contribution in [0.2, 0.25) is 0 Å². The van der Waals surface area contributed by atoms with E-state index in [0.29, 0.717) is 0 Å². The van der Waals surface area contributed by atoms with Gasteiger partial charge in [0.2, 0.25) is 0 Å². The molecule has 0 amide bonds. The number of aromatic nitrogens is 2. The minimum absolute atomic E-state index is 0.104. The van der Waals surface area contributed by atoms with E-state index in [4.69, 9.17) is 17.0 Å². The van der Waals surface area contributed by atoms with Gasteiger partial charge in [-0.2, -0.15) is 0 Å². The van der Waals surface area contributed by atoms with E-state index in [-0.39, 0.29) is 6.04 Å². The molecule has 1 unspecified atom stereocenters. The summed E-state index contributed by atoms with van der Waals surface area (Å²) in [5.74, 6) is 0.719. The molecule has 1 atom stereocenters. The minimum Gasteiger partial charge on any atom is -0.379 e. The first kappa shape index (κ1) is 15.2. The molecule has 0 radical (unpaired) electrons. The molecule has 1 fully saturated rings. The van der Waals surface area contributed by atoms with Gasteiger partial charge in [-0.3, -0.25) is 9.80 Å². The largest absolute Gasteiger partial charge is 0.379 e. The van der Waals surface area contributed by atoms with Crippen molar-refractivity contribution < 1.29 is 4.74 Å². The lowest BCUT2D eigenvalue weighted by molar-refractivity contribution is 0.0365. The predicted octanol–water partition coefficient (Wildman–Crippen LogP) is 0.286.